The second kappa shape index (κ2) is 15.9. The zero-order valence-electron chi connectivity index (χ0n) is 19.5. The summed E-state index contributed by atoms with van der Waals surface area (Å²) in [6.07, 6.45) is 6.69. The zero-order valence-corrected chi connectivity index (χ0v) is 22.7. The van der Waals surface area contributed by atoms with E-state index in [1.807, 2.05) is 84.9 Å². The summed E-state index contributed by atoms with van der Waals surface area (Å²) in [5.74, 6) is 3.15. The predicted molar refractivity (Wildman–Crippen MR) is 158 cm³/mol. The number of hydrogen-bond donors (Lipinski definition) is 1. The van der Waals surface area contributed by atoms with E-state index in [0.717, 1.165) is 21.7 Å². The molecule has 6 heteroatoms. The Morgan fingerprint density at radius 1 is 0.722 bits per heavy atom. The van der Waals surface area contributed by atoms with Crippen LogP contribution in [0, 0.1) is 12.3 Å². The molecule has 2 nitrogen and oxygen atoms in total. The molecule has 4 aromatic carbocycles. The summed E-state index contributed by atoms with van der Waals surface area (Å²) in [7, 11) is -3.32. The minimum absolute atomic E-state index is 0.0873. The minimum Gasteiger partial charge on any atom is -0.224 e. The fourth-order valence-electron chi connectivity index (χ4n) is 2.79. The predicted octanol–water partition coefficient (Wildman–Crippen LogP) is 8.36. The van der Waals surface area contributed by atoms with E-state index in [1.165, 1.54) is 5.41 Å². The lowest BCUT2D eigenvalue weighted by atomic mass is 10.2. The van der Waals surface area contributed by atoms with Gasteiger partial charge in [0.2, 0.25) is 0 Å². The second-order valence-corrected chi connectivity index (χ2v) is 10.4. The minimum atomic E-state index is -3.32. The van der Waals surface area contributed by atoms with E-state index in [2.05, 4.69) is 18.5 Å². The van der Waals surface area contributed by atoms with Gasteiger partial charge in [-0.05, 0) is 47.0 Å². The van der Waals surface area contributed by atoms with Crippen LogP contribution in [0.15, 0.2) is 115 Å². The summed E-state index contributed by atoms with van der Waals surface area (Å²) >= 11 is 15.8. The average molecular weight is 554 g/mol. The molecule has 4 rings (SSSR count). The molecule has 0 fully saturated rings. The molecule has 0 heterocycles. The quantitative estimate of drug-likeness (QED) is 0.199. The van der Waals surface area contributed by atoms with Gasteiger partial charge >= 0.3 is 0 Å². The molecule has 0 aliphatic rings. The summed E-state index contributed by atoms with van der Waals surface area (Å²) in [5, 5.41) is 2.50. The summed E-state index contributed by atoms with van der Waals surface area (Å²) < 4.78 is 24.0. The van der Waals surface area contributed by atoms with Crippen molar-refractivity contribution in [1.82, 2.24) is 0 Å². The molecule has 0 aliphatic carbocycles. The summed E-state index contributed by atoms with van der Waals surface area (Å²) in [5.41, 5.74) is 3.49. The van der Waals surface area contributed by atoms with E-state index >= 15 is 0 Å². The SMILES string of the molecule is C#Cc1ccccc1.O=S(=O)(C=Cc1ccccc1)Cc1ccccc1Cl.SCc1ccccc1Cl. The molecule has 0 saturated carbocycles. The van der Waals surface area contributed by atoms with Gasteiger partial charge in [0, 0.05) is 26.8 Å². The Bertz CT molecular complexity index is 1380. The van der Waals surface area contributed by atoms with Crippen molar-refractivity contribution in [3.63, 3.8) is 0 Å². The Hall–Kier alpha value is -2.94. The van der Waals surface area contributed by atoms with Gasteiger partial charge in [-0.15, -0.1) is 6.42 Å². The Balaban J connectivity index is 0.000000221. The number of benzene rings is 4. The van der Waals surface area contributed by atoms with Gasteiger partial charge in [0.15, 0.2) is 9.84 Å². The maximum absolute atomic E-state index is 12.0. The van der Waals surface area contributed by atoms with Crippen molar-refractivity contribution in [3.8, 4) is 12.3 Å². The first-order chi connectivity index (χ1) is 17.3. The highest BCUT2D eigenvalue weighted by Crippen LogP contribution is 2.19. The van der Waals surface area contributed by atoms with E-state index in [0.29, 0.717) is 16.3 Å². The molecular weight excluding hydrogens is 527 g/mol. The number of thiol groups is 1. The first kappa shape index (κ1) is 29.3. The van der Waals surface area contributed by atoms with Crippen molar-refractivity contribution in [2.24, 2.45) is 0 Å². The molecule has 0 atom stereocenters. The fourth-order valence-corrected chi connectivity index (χ4v) is 4.79. The van der Waals surface area contributed by atoms with Crippen LogP contribution < -0.4 is 0 Å². The molecular formula is C30H26Cl2O2S2. The summed E-state index contributed by atoms with van der Waals surface area (Å²) in [4.78, 5) is 0. The van der Waals surface area contributed by atoms with Crippen LogP contribution >= 0.6 is 35.8 Å². The van der Waals surface area contributed by atoms with E-state index in [9.17, 15) is 8.42 Å². The molecule has 0 saturated heterocycles. The number of hydrogen-bond acceptors (Lipinski definition) is 3. The lowest BCUT2D eigenvalue weighted by Crippen LogP contribution is -2.00. The van der Waals surface area contributed by atoms with Gasteiger partial charge < -0.3 is 0 Å². The normalized spacial score (nSPS) is 10.4. The Morgan fingerprint density at radius 2 is 1.19 bits per heavy atom. The van der Waals surface area contributed by atoms with Gasteiger partial charge in [0.1, 0.15) is 0 Å². The molecule has 0 radical (unpaired) electrons. The van der Waals surface area contributed by atoms with Crippen molar-refractivity contribution in [3.05, 3.63) is 147 Å². The van der Waals surface area contributed by atoms with Crippen molar-refractivity contribution in [2.75, 3.05) is 0 Å². The van der Waals surface area contributed by atoms with Crippen molar-refractivity contribution >= 4 is 51.7 Å². The first-order valence-electron chi connectivity index (χ1n) is 10.9. The molecule has 0 unspecified atom stereocenters. The fraction of sp³-hybridized carbons (Fsp3) is 0.0667. The largest absolute Gasteiger partial charge is 0.224 e. The third-order valence-corrected chi connectivity index (χ3v) is 6.99. The molecule has 0 amide bonds. The molecule has 4 aromatic rings. The van der Waals surface area contributed by atoms with Gasteiger partial charge in [-0.2, -0.15) is 12.6 Å². The van der Waals surface area contributed by atoms with Crippen molar-refractivity contribution in [2.45, 2.75) is 11.5 Å². The zero-order chi connectivity index (χ0) is 26.2. The van der Waals surface area contributed by atoms with Crippen molar-refractivity contribution in [1.29, 1.82) is 0 Å². The van der Waals surface area contributed by atoms with Crippen LogP contribution in [0.4, 0.5) is 0 Å². The topological polar surface area (TPSA) is 34.1 Å². The Kier molecular flexibility index (Phi) is 13.0. The average Bonchev–Trinajstić information content (AvgIpc) is 2.91. The molecule has 0 aliphatic heterocycles. The Labute approximate surface area is 230 Å². The van der Waals surface area contributed by atoms with E-state index in [1.54, 1.807) is 30.3 Å². The standard InChI is InChI=1S/C15H13ClO2S.C8H6.C7H7ClS/c16-15-9-5-4-8-14(15)12-19(17,18)11-10-13-6-2-1-3-7-13;1-2-8-6-4-3-5-7-8;8-7-4-2-1-3-6(7)5-9/h1-11H,12H2;1,3-7H;1-4,9H,5H2. The van der Waals surface area contributed by atoms with Crippen LogP contribution in [0.25, 0.3) is 6.08 Å². The van der Waals surface area contributed by atoms with Gasteiger partial charge in [-0.25, -0.2) is 8.42 Å². The summed E-state index contributed by atoms with van der Waals surface area (Å²) in [6, 6.07) is 33.6. The lowest BCUT2D eigenvalue weighted by molar-refractivity contribution is 0.604. The van der Waals surface area contributed by atoms with Crippen molar-refractivity contribution < 1.29 is 8.42 Å². The van der Waals surface area contributed by atoms with Gasteiger partial charge in [0.25, 0.3) is 0 Å². The maximum atomic E-state index is 12.0. The van der Waals surface area contributed by atoms with Crippen LogP contribution in [0.1, 0.15) is 22.3 Å². The molecule has 36 heavy (non-hydrogen) atoms. The van der Waals surface area contributed by atoms with Crippen LogP contribution in [-0.4, -0.2) is 8.42 Å². The smallest absolute Gasteiger partial charge is 0.175 e. The van der Waals surface area contributed by atoms with Gasteiger partial charge in [0.05, 0.1) is 5.75 Å². The molecule has 184 valence electrons. The number of rotatable bonds is 5. The second-order valence-electron chi connectivity index (χ2n) is 7.37. The number of halogens is 2. The lowest BCUT2D eigenvalue weighted by Gasteiger charge is -2.02. The Morgan fingerprint density at radius 3 is 1.64 bits per heavy atom. The van der Waals surface area contributed by atoms with Gasteiger partial charge in [-0.3, -0.25) is 0 Å². The monoisotopic (exact) mass is 552 g/mol. The highest BCUT2D eigenvalue weighted by atomic mass is 35.5. The number of terminal acetylenes is 1. The molecule has 0 bridgehead atoms. The highest BCUT2D eigenvalue weighted by molar-refractivity contribution is 7.93. The van der Waals surface area contributed by atoms with Crippen LogP contribution in [0.3, 0.4) is 0 Å². The maximum Gasteiger partial charge on any atom is 0.175 e. The number of sulfone groups is 1. The summed E-state index contributed by atoms with van der Waals surface area (Å²) in [6.45, 7) is 0. The van der Waals surface area contributed by atoms with E-state index in [4.69, 9.17) is 29.6 Å². The van der Waals surface area contributed by atoms with Crippen LogP contribution in [0.5, 0.6) is 0 Å². The highest BCUT2D eigenvalue weighted by Gasteiger charge is 2.10. The molecule has 0 spiro atoms. The van der Waals surface area contributed by atoms with Crippen LogP contribution in [-0.2, 0) is 21.3 Å². The third-order valence-electron chi connectivity index (χ3n) is 4.65. The van der Waals surface area contributed by atoms with Gasteiger partial charge in [-0.1, -0.05) is 114 Å². The third kappa shape index (κ3) is 11.2. The molecule has 0 N–H and O–H groups in total. The molecule has 0 aromatic heterocycles. The van der Waals surface area contributed by atoms with E-state index in [-0.39, 0.29) is 5.75 Å². The van der Waals surface area contributed by atoms with Crippen LogP contribution in [0.2, 0.25) is 10.0 Å². The first-order valence-corrected chi connectivity index (χ1v) is 14.0. The van der Waals surface area contributed by atoms with E-state index < -0.39 is 9.84 Å².